The SMILES string of the molecule is O=C(CSc1nc2ccc([N+](=O)[O-])cc2s1)Oc1ccc([N+](=O)[O-])cc1. The second-order valence-corrected chi connectivity index (χ2v) is 7.16. The maximum absolute atomic E-state index is 11.9. The number of nitrogens with zero attached hydrogens (tertiary/aromatic N) is 3. The first-order valence-corrected chi connectivity index (χ1v) is 8.85. The van der Waals surface area contributed by atoms with Crippen molar-refractivity contribution in [3.8, 4) is 5.75 Å². The van der Waals surface area contributed by atoms with Crippen molar-refractivity contribution in [1.82, 2.24) is 4.98 Å². The number of rotatable bonds is 6. The van der Waals surface area contributed by atoms with Crippen LogP contribution < -0.4 is 4.74 Å². The van der Waals surface area contributed by atoms with Crippen LogP contribution in [0.4, 0.5) is 11.4 Å². The van der Waals surface area contributed by atoms with Crippen molar-refractivity contribution in [3.05, 3.63) is 62.7 Å². The molecule has 2 aromatic carbocycles. The molecule has 0 atom stereocenters. The largest absolute Gasteiger partial charge is 0.426 e. The van der Waals surface area contributed by atoms with Crippen molar-refractivity contribution in [2.45, 2.75) is 4.34 Å². The van der Waals surface area contributed by atoms with Gasteiger partial charge in [0.15, 0.2) is 4.34 Å². The van der Waals surface area contributed by atoms with Gasteiger partial charge < -0.3 is 4.74 Å². The minimum atomic E-state index is -0.543. The zero-order chi connectivity index (χ0) is 18.7. The number of hydrogen-bond donors (Lipinski definition) is 0. The van der Waals surface area contributed by atoms with Gasteiger partial charge in [0.1, 0.15) is 5.75 Å². The highest BCUT2D eigenvalue weighted by Gasteiger charge is 2.13. The topological polar surface area (TPSA) is 125 Å². The number of benzene rings is 2. The van der Waals surface area contributed by atoms with E-state index < -0.39 is 15.8 Å². The van der Waals surface area contributed by atoms with Crippen LogP contribution in [0.2, 0.25) is 0 Å². The van der Waals surface area contributed by atoms with Gasteiger partial charge in [0.05, 0.1) is 25.8 Å². The fourth-order valence-electron chi connectivity index (χ4n) is 1.98. The van der Waals surface area contributed by atoms with Gasteiger partial charge in [-0.05, 0) is 18.2 Å². The van der Waals surface area contributed by atoms with Gasteiger partial charge in [-0.25, -0.2) is 4.98 Å². The van der Waals surface area contributed by atoms with Crippen molar-refractivity contribution in [2.75, 3.05) is 5.75 Å². The Kier molecular flexibility index (Phi) is 5.09. The Morgan fingerprint density at radius 3 is 2.38 bits per heavy atom. The second kappa shape index (κ2) is 7.45. The third-order valence-corrected chi connectivity index (χ3v) is 5.29. The van der Waals surface area contributed by atoms with E-state index in [0.29, 0.717) is 14.6 Å². The van der Waals surface area contributed by atoms with Crippen LogP contribution >= 0.6 is 23.1 Å². The first-order chi connectivity index (χ1) is 12.4. The number of fused-ring (bicyclic) bond motifs is 1. The smallest absolute Gasteiger partial charge is 0.321 e. The molecule has 0 saturated heterocycles. The monoisotopic (exact) mass is 391 g/mol. The van der Waals surface area contributed by atoms with E-state index in [-0.39, 0.29) is 22.9 Å². The lowest BCUT2D eigenvalue weighted by molar-refractivity contribution is -0.385. The molecule has 3 rings (SSSR count). The van der Waals surface area contributed by atoms with Crippen LogP contribution in [0.25, 0.3) is 10.2 Å². The van der Waals surface area contributed by atoms with E-state index in [9.17, 15) is 25.0 Å². The number of aromatic nitrogens is 1. The van der Waals surface area contributed by atoms with Crippen LogP contribution in [0, 0.1) is 20.2 Å². The highest BCUT2D eigenvalue weighted by atomic mass is 32.2. The number of ether oxygens (including phenoxy) is 1. The third-order valence-electron chi connectivity index (χ3n) is 3.16. The van der Waals surface area contributed by atoms with Gasteiger partial charge in [-0.1, -0.05) is 11.8 Å². The minimum absolute atomic E-state index is 0.0150. The first kappa shape index (κ1) is 17.8. The Hall–Kier alpha value is -3.05. The average molecular weight is 391 g/mol. The first-order valence-electron chi connectivity index (χ1n) is 7.05. The lowest BCUT2D eigenvalue weighted by atomic mass is 10.3. The predicted octanol–water partition coefficient (Wildman–Crippen LogP) is 3.81. The Morgan fingerprint density at radius 1 is 1.08 bits per heavy atom. The molecule has 0 amide bonds. The summed E-state index contributed by atoms with van der Waals surface area (Å²) in [7, 11) is 0. The quantitative estimate of drug-likeness (QED) is 0.204. The average Bonchev–Trinajstić information content (AvgIpc) is 3.02. The lowest BCUT2D eigenvalue weighted by Gasteiger charge is -2.02. The van der Waals surface area contributed by atoms with E-state index in [1.807, 2.05) is 0 Å². The summed E-state index contributed by atoms with van der Waals surface area (Å²) < 4.78 is 6.34. The molecule has 0 unspecified atom stereocenters. The third kappa shape index (κ3) is 4.13. The number of thioether (sulfide) groups is 1. The van der Waals surface area contributed by atoms with E-state index >= 15 is 0 Å². The molecule has 26 heavy (non-hydrogen) atoms. The van der Waals surface area contributed by atoms with Crippen molar-refractivity contribution in [1.29, 1.82) is 0 Å². The van der Waals surface area contributed by atoms with Gasteiger partial charge >= 0.3 is 5.97 Å². The molecule has 0 aliphatic carbocycles. The van der Waals surface area contributed by atoms with Gasteiger partial charge in [0.2, 0.25) is 0 Å². The van der Waals surface area contributed by atoms with E-state index in [2.05, 4.69) is 4.98 Å². The molecule has 132 valence electrons. The molecule has 0 N–H and O–H groups in total. The van der Waals surface area contributed by atoms with Crippen molar-refractivity contribution in [3.63, 3.8) is 0 Å². The van der Waals surface area contributed by atoms with Gasteiger partial charge in [-0.15, -0.1) is 11.3 Å². The minimum Gasteiger partial charge on any atom is -0.426 e. The number of nitro benzene ring substituents is 2. The maximum atomic E-state index is 11.9. The molecule has 1 heterocycles. The zero-order valence-electron chi connectivity index (χ0n) is 12.9. The number of non-ortho nitro benzene ring substituents is 2. The molecule has 0 aliphatic rings. The molecule has 3 aromatic rings. The Morgan fingerprint density at radius 2 is 1.73 bits per heavy atom. The Bertz CT molecular complexity index is 1000. The number of hydrogen-bond acceptors (Lipinski definition) is 9. The van der Waals surface area contributed by atoms with Crippen molar-refractivity contribution in [2.24, 2.45) is 0 Å². The fourth-order valence-corrected chi connectivity index (χ4v) is 3.86. The number of thiazole rings is 1. The molecular formula is C15H9N3O6S2. The molecule has 0 saturated carbocycles. The molecule has 11 heteroatoms. The summed E-state index contributed by atoms with van der Waals surface area (Å²) in [6.07, 6.45) is 0. The standard InChI is InChI=1S/C15H9N3O6S2/c19-14(24-11-4-1-9(2-5-11)17(20)21)8-25-15-16-12-6-3-10(18(22)23)7-13(12)26-15/h1-7H,8H2. The summed E-state index contributed by atoms with van der Waals surface area (Å²) in [6.45, 7) is 0. The summed E-state index contributed by atoms with van der Waals surface area (Å²) in [6, 6.07) is 9.55. The highest BCUT2D eigenvalue weighted by Crippen LogP contribution is 2.32. The van der Waals surface area contributed by atoms with E-state index in [0.717, 1.165) is 11.8 Å². The van der Waals surface area contributed by atoms with Gasteiger partial charge in [-0.3, -0.25) is 25.0 Å². The van der Waals surface area contributed by atoms with Crippen LogP contribution in [0.5, 0.6) is 5.75 Å². The molecule has 0 aliphatic heterocycles. The molecule has 0 fully saturated rings. The summed E-state index contributed by atoms with van der Waals surface area (Å²) in [5.74, 6) is -0.339. The highest BCUT2D eigenvalue weighted by molar-refractivity contribution is 8.01. The molecular weight excluding hydrogens is 382 g/mol. The molecule has 1 aromatic heterocycles. The Labute approximate surface area is 153 Å². The molecule has 0 spiro atoms. The molecule has 9 nitrogen and oxygen atoms in total. The molecule has 0 bridgehead atoms. The Balaban J connectivity index is 1.61. The van der Waals surface area contributed by atoms with Crippen LogP contribution in [-0.4, -0.2) is 26.6 Å². The summed E-state index contributed by atoms with van der Waals surface area (Å²) in [5, 5.41) is 21.4. The van der Waals surface area contributed by atoms with Gasteiger partial charge in [-0.2, -0.15) is 0 Å². The zero-order valence-corrected chi connectivity index (χ0v) is 14.5. The van der Waals surface area contributed by atoms with Crippen molar-refractivity contribution >= 4 is 50.7 Å². The summed E-state index contributed by atoms with van der Waals surface area (Å²) in [4.78, 5) is 36.5. The summed E-state index contributed by atoms with van der Waals surface area (Å²) in [5.41, 5.74) is 0.505. The lowest BCUT2D eigenvalue weighted by Crippen LogP contribution is -2.10. The van der Waals surface area contributed by atoms with E-state index in [4.69, 9.17) is 4.74 Å². The van der Waals surface area contributed by atoms with Gasteiger partial charge in [0.25, 0.3) is 11.4 Å². The predicted molar refractivity (Wildman–Crippen MR) is 95.7 cm³/mol. The van der Waals surface area contributed by atoms with Crippen LogP contribution in [0.1, 0.15) is 0 Å². The van der Waals surface area contributed by atoms with Crippen LogP contribution in [0.15, 0.2) is 46.8 Å². The fraction of sp³-hybridized carbons (Fsp3) is 0.0667. The normalized spacial score (nSPS) is 10.6. The number of carbonyl (C=O) groups excluding carboxylic acids is 1. The van der Waals surface area contributed by atoms with E-state index in [1.165, 1.54) is 47.7 Å². The molecule has 0 radical (unpaired) electrons. The summed E-state index contributed by atoms with van der Waals surface area (Å²) >= 11 is 2.40. The number of carbonyl (C=O) groups is 1. The van der Waals surface area contributed by atoms with Gasteiger partial charge in [0, 0.05) is 24.3 Å². The van der Waals surface area contributed by atoms with Crippen molar-refractivity contribution < 1.29 is 19.4 Å². The van der Waals surface area contributed by atoms with E-state index in [1.54, 1.807) is 6.07 Å². The van der Waals surface area contributed by atoms with Crippen LogP contribution in [-0.2, 0) is 4.79 Å². The van der Waals surface area contributed by atoms with Crippen LogP contribution in [0.3, 0.4) is 0 Å². The number of esters is 1. The maximum Gasteiger partial charge on any atom is 0.321 e. The second-order valence-electron chi connectivity index (χ2n) is 4.90. The number of nitro groups is 2.